The van der Waals surface area contributed by atoms with Crippen molar-refractivity contribution in [2.24, 2.45) is 0 Å². The van der Waals surface area contributed by atoms with E-state index >= 15 is 0 Å². The minimum Gasteiger partial charge on any atom is -0.493 e. The van der Waals surface area contributed by atoms with Gasteiger partial charge in [-0.1, -0.05) is 12.1 Å². The molecular formula is C19H22N2O2. The Balaban J connectivity index is 1.30. The highest BCUT2D eigenvalue weighted by Crippen LogP contribution is 2.27. The number of rotatable bonds is 4. The number of hydrogen-bond acceptors (Lipinski definition) is 4. The highest BCUT2D eigenvalue weighted by atomic mass is 16.5. The summed E-state index contributed by atoms with van der Waals surface area (Å²) in [7, 11) is 0. The maximum atomic E-state index is 6.03. The molecule has 1 fully saturated rings. The van der Waals surface area contributed by atoms with Gasteiger partial charge in [0.15, 0.2) is 0 Å². The molecule has 4 nitrogen and oxygen atoms in total. The van der Waals surface area contributed by atoms with E-state index in [9.17, 15) is 0 Å². The third-order valence-electron chi connectivity index (χ3n) is 4.65. The lowest BCUT2D eigenvalue weighted by Crippen LogP contribution is -2.37. The van der Waals surface area contributed by atoms with Crippen LogP contribution in [0.15, 0.2) is 42.7 Å². The van der Waals surface area contributed by atoms with Gasteiger partial charge in [-0.2, -0.15) is 0 Å². The van der Waals surface area contributed by atoms with E-state index in [1.165, 1.54) is 11.1 Å². The zero-order valence-electron chi connectivity index (χ0n) is 13.3. The van der Waals surface area contributed by atoms with Gasteiger partial charge in [0.2, 0.25) is 0 Å². The van der Waals surface area contributed by atoms with Crippen molar-refractivity contribution in [2.75, 3.05) is 19.7 Å². The molecule has 2 aromatic rings. The van der Waals surface area contributed by atoms with Crippen LogP contribution in [-0.4, -0.2) is 35.7 Å². The first-order valence-electron chi connectivity index (χ1n) is 8.40. The van der Waals surface area contributed by atoms with E-state index in [0.29, 0.717) is 6.10 Å². The predicted molar refractivity (Wildman–Crippen MR) is 88.8 cm³/mol. The highest BCUT2D eigenvalue weighted by Gasteiger charge is 2.21. The first-order chi connectivity index (χ1) is 11.4. The standard InChI is InChI=1S/C19H22N2O2/c1-2-19-16(7-12-22-19)13-15(1)14-21-10-5-18(6-11-21)23-17-3-8-20-9-4-17/h1-4,8-9,13,18H,5-7,10-12,14H2. The second-order valence-corrected chi connectivity index (χ2v) is 6.32. The summed E-state index contributed by atoms with van der Waals surface area (Å²) in [5.41, 5.74) is 2.75. The van der Waals surface area contributed by atoms with Crippen LogP contribution in [0.5, 0.6) is 11.5 Å². The van der Waals surface area contributed by atoms with Gasteiger partial charge in [0.05, 0.1) is 6.61 Å². The molecule has 0 unspecified atom stereocenters. The summed E-state index contributed by atoms with van der Waals surface area (Å²) >= 11 is 0. The number of piperidine rings is 1. The minimum atomic E-state index is 0.321. The predicted octanol–water partition coefficient (Wildman–Crippen LogP) is 3.06. The van der Waals surface area contributed by atoms with Gasteiger partial charge in [0.25, 0.3) is 0 Å². The summed E-state index contributed by atoms with van der Waals surface area (Å²) in [5, 5.41) is 0. The van der Waals surface area contributed by atoms with E-state index in [4.69, 9.17) is 9.47 Å². The number of benzene rings is 1. The van der Waals surface area contributed by atoms with Gasteiger partial charge in [-0.15, -0.1) is 0 Å². The number of hydrogen-bond donors (Lipinski definition) is 0. The van der Waals surface area contributed by atoms with Crippen LogP contribution in [-0.2, 0) is 13.0 Å². The summed E-state index contributed by atoms with van der Waals surface area (Å²) in [4.78, 5) is 6.54. The van der Waals surface area contributed by atoms with Crippen LogP contribution >= 0.6 is 0 Å². The maximum Gasteiger partial charge on any atom is 0.122 e. The Kier molecular flexibility index (Phi) is 4.16. The maximum absolute atomic E-state index is 6.03. The molecule has 2 aliphatic rings. The largest absolute Gasteiger partial charge is 0.493 e. The highest BCUT2D eigenvalue weighted by molar-refractivity contribution is 5.39. The molecule has 4 heteroatoms. The molecule has 0 aliphatic carbocycles. The Labute approximate surface area is 137 Å². The zero-order chi connectivity index (χ0) is 15.5. The Morgan fingerprint density at radius 2 is 1.96 bits per heavy atom. The minimum absolute atomic E-state index is 0.321. The number of likely N-dealkylation sites (tertiary alicyclic amines) is 1. The number of pyridine rings is 1. The molecular weight excluding hydrogens is 288 g/mol. The first-order valence-corrected chi connectivity index (χ1v) is 8.40. The van der Waals surface area contributed by atoms with Gasteiger partial charge >= 0.3 is 0 Å². The fourth-order valence-electron chi connectivity index (χ4n) is 3.39. The van der Waals surface area contributed by atoms with Crippen molar-refractivity contribution >= 4 is 0 Å². The van der Waals surface area contributed by atoms with E-state index < -0.39 is 0 Å². The molecule has 1 aromatic heterocycles. The third kappa shape index (κ3) is 3.48. The lowest BCUT2D eigenvalue weighted by Gasteiger charge is -2.32. The first kappa shape index (κ1) is 14.5. The fourth-order valence-corrected chi connectivity index (χ4v) is 3.39. The van der Waals surface area contributed by atoms with Gasteiger partial charge in [-0.25, -0.2) is 0 Å². The monoisotopic (exact) mass is 310 g/mol. The fraction of sp³-hybridized carbons (Fsp3) is 0.421. The number of ether oxygens (including phenoxy) is 2. The average Bonchev–Trinajstić information content (AvgIpc) is 3.05. The molecule has 0 saturated carbocycles. The van der Waals surface area contributed by atoms with Crippen LogP contribution in [0.25, 0.3) is 0 Å². The molecule has 0 N–H and O–H groups in total. The molecule has 4 rings (SSSR count). The molecule has 0 radical (unpaired) electrons. The summed E-state index contributed by atoms with van der Waals surface area (Å²) in [5.74, 6) is 2.00. The van der Waals surface area contributed by atoms with Gasteiger partial charge in [0.1, 0.15) is 17.6 Å². The van der Waals surface area contributed by atoms with Crippen LogP contribution in [0, 0.1) is 0 Å². The summed E-state index contributed by atoms with van der Waals surface area (Å²) < 4.78 is 11.6. The number of fused-ring (bicyclic) bond motifs is 1. The van der Waals surface area contributed by atoms with E-state index in [1.807, 2.05) is 12.1 Å². The van der Waals surface area contributed by atoms with Crippen molar-refractivity contribution in [2.45, 2.75) is 31.9 Å². The lowest BCUT2D eigenvalue weighted by molar-refractivity contribution is 0.0967. The van der Waals surface area contributed by atoms with E-state index in [0.717, 1.165) is 57.0 Å². The van der Waals surface area contributed by atoms with Crippen LogP contribution in [0.3, 0.4) is 0 Å². The summed E-state index contributed by atoms with van der Waals surface area (Å²) in [6.07, 6.45) is 7.09. The Morgan fingerprint density at radius 3 is 2.78 bits per heavy atom. The molecule has 0 bridgehead atoms. The smallest absolute Gasteiger partial charge is 0.122 e. The molecule has 0 atom stereocenters. The average molecular weight is 310 g/mol. The van der Waals surface area contributed by atoms with Crippen molar-refractivity contribution in [1.82, 2.24) is 9.88 Å². The number of nitrogens with zero attached hydrogens (tertiary/aromatic N) is 2. The Morgan fingerprint density at radius 1 is 1.13 bits per heavy atom. The van der Waals surface area contributed by atoms with Crippen LogP contribution < -0.4 is 9.47 Å². The van der Waals surface area contributed by atoms with Crippen molar-refractivity contribution in [1.29, 1.82) is 0 Å². The Hall–Kier alpha value is -2.07. The van der Waals surface area contributed by atoms with Crippen molar-refractivity contribution in [3.63, 3.8) is 0 Å². The quantitative estimate of drug-likeness (QED) is 0.869. The summed E-state index contributed by atoms with van der Waals surface area (Å²) in [6, 6.07) is 10.5. The number of aromatic nitrogens is 1. The topological polar surface area (TPSA) is 34.6 Å². The Bertz CT molecular complexity index is 652. The van der Waals surface area contributed by atoms with Crippen LogP contribution in [0.1, 0.15) is 24.0 Å². The van der Waals surface area contributed by atoms with Gasteiger partial charge in [0, 0.05) is 38.4 Å². The summed E-state index contributed by atoms with van der Waals surface area (Å²) in [6.45, 7) is 4.03. The molecule has 3 heterocycles. The van der Waals surface area contributed by atoms with Crippen molar-refractivity contribution in [3.05, 3.63) is 53.9 Å². The molecule has 120 valence electrons. The lowest BCUT2D eigenvalue weighted by atomic mass is 10.0. The molecule has 23 heavy (non-hydrogen) atoms. The van der Waals surface area contributed by atoms with Gasteiger partial charge in [-0.3, -0.25) is 9.88 Å². The van der Waals surface area contributed by atoms with Crippen LogP contribution in [0.2, 0.25) is 0 Å². The molecule has 2 aliphatic heterocycles. The molecule has 1 aromatic carbocycles. The molecule has 0 amide bonds. The van der Waals surface area contributed by atoms with E-state index in [1.54, 1.807) is 12.4 Å². The van der Waals surface area contributed by atoms with Gasteiger partial charge < -0.3 is 9.47 Å². The molecule has 0 spiro atoms. The van der Waals surface area contributed by atoms with Crippen molar-refractivity contribution in [3.8, 4) is 11.5 Å². The molecule has 1 saturated heterocycles. The van der Waals surface area contributed by atoms with E-state index in [-0.39, 0.29) is 0 Å². The van der Waals surface area contributed by atoms with E-state index in [2.05, 4.69) is 28.1 Å². The SMILES string of the molecule is c1cc(OC2CCN(Cc3ccc4c(c3)CCO4)CC2)ccn1. The van der Waals surface area contributed by atoms with Crippen LogP contribution in [0.4, 0.5) is 0 Å². The second-order valence-electron chi connectivity index (χ2n) is 6.32. The second kappa shape index (κ2) is 6.59. The normalized spacial score (nSPS) is 18.4. The van der Waals surface area contributed by atoms with Crippen molar-refractivity contribution < 1.29 is 9.47 Å². The zero-order valence-corrected chi connectivity index (χ0v) is 13.3. The van der Waals surface area contributed by atoms with Gasteiger partial charge in [-0.05, 0) is 42.2 Å². The third-order valence-corrected chi connectivity index (χ3v) is 4.65.